The van der Waals surface area contributed by atoms with Crippen molar-refractivity contribution >= 4 is 13.8 Å². The van der Waals surface area contributed by atoms with Crippen LogP contribution < -0.4 is 0 Å². The second-order valence-corrected chi connectivity index (χ2v) is 17.1. The molecule has 54 heavy (non-hydrogen) atoms. The molecule has 0 spiro atoms. The van der Waals surface area contributed by atoms with Gasteiger partial charge in [-0.3, -0.25) is 13.8 Å². The molecular weight excluding hydrogens is 701 g/mol. The SMILES string of the molecule is CC/C=C/CC(O)/C=C/C=C/CCCCCCCC(=O)OC[C@H](COP(=O)(O)OCC[N+](C)(C)C)O/C=C/CCCCCCCCCCCCCCCC. The van der Waals surface area contributed by atoms with E-state index in [1.54, 1.807) is 6.26 Å². The Kier molecular flexibility index (Phi) is 35.7. The molecule has 0 rings (SSSR count). The van der Waals surface area contributed by atoms with E-state index >= 15 is 0 Å². The zero-order valence-electron chi connectivity index (χ0n) is 35.3. The third kappa shape index (κ3) is 39.9. The lowest BCUT2D eigenvalue weighted by Gasteiger charge is -2.24. The summed E-state index contributed by atoms with van der Waals surface area (Å²) in [4.78, 5) is 22.6. The fourth-order valence-corrected chi connectivity index (χ4v) is 6.37. The van der Waals surface area contributed by atoms with E-state index in [2.05, 4.69) is 26.0 Å². The molecule has 3 atom stereocenters. The number of aliphatic hydroxyl groups excluding tert-OH is 1. The van der Waals surface area contributed by atoms with Gasteiger partial charge in [-0.25, -0.2) is 4.57 Å². The number of esters is 1. The van der Waals surface area contributed by atoms with Gasteiger partial charge in [-0.2, -0.15) is 0 Å². The predicted octanol–water partition coefficient (Wildman–Crippen LogP) is 11.7. The number of phosphoric ester groups is 1. The predicted molar refractivity (Wildman–Crippen MR) is 225 cm³/mol. The molecule has 10 heteroatoms. The molecule has 0 aromatic rings. The number of unbranched alkanes of at least 4 members (excludes halogenated alkanes) is 19. The van der Waals surface area contributed by atoms with E-state index in [-0.39, 0.29) is 25.8 Å². The van der Waals surface area contributed by atoms with Crippen molar-refractivity contribution in [2.24, 2.45) is 0 Å². The van der Waals surface area contributed by atoms with Crippen molar-refractivity contribution in [1.82, 2.24) is 0 Å². The van der Waals surface area contributed by atoms with Gasteiger partial charge >= 0.3 is 13.8 Å². The number of hydrogen-bond donors (Lipinski definition) is 2. The van der Waals surface area contributed by atoms with Crippen LogP contribution in [-0.4, -0.2) is 80.2 Å². The molecule has 0 radical (unpaired) electrons. The first-order valence-corrected chi connectivity index (χ1v) is 23.0. The maximum absolute atomic E-state index is 12.5. The molecule has 0 fully saturated rings. The first-order chi connectivity index (χ1) is 26.0. The lowest BCUT2D eigenvalue weighted by molar-refractivity contribution is -0.870. The molecule has 2 N–H and O–H groups in total. The Bertz CT molecular complexity index is 1020. The van der Waals surface area contributed by atoms with Gasteiger partial charge in [0, 0.05) is 6.42 Å². The molecule has 0 amide bonds. The van der Waals surface area contributed by atoms with E-state index in [9.17, 15) is 19.4 Å². The van der Waals surface area contributed by atoms with E-state index in [0.29, 0.717) is 23.9 Å². The Balaban J connectivity index is 4.36. The van der Waals surface area contributed by atoms with Gasteiger partial charge in [-0.1, -0.05) is 153 Å². The monoisotopic (exact) mass is 785 g/mol. The minimum atomic E-state index is -4.28. The first kappa shape index (κ1) is 52.3. The van der Waals surface area contributed by atoms with Crippen LogP contribution in [0, 0.1) is 0 Å². The molecule has 0 aromatic heterocycles. The summed E-state index contributed by atoms with van der Waals surface area (Å²) in [7, 11) is 1.63. The highest BCUT2D eigenvalue weighted by atomic mass is 31.2. The molecule has 0 saturated heterocycles. The number of aliphatic hydroxyl groups is 1. The van der Waals surface area contributed by atoms with Gasteiger partial charge in [-0.05, 0) is 51.0 Å². The topological polar surface area (TPSA) is 112 Å². The number of rotatable bonds is 39. The molecular formula is C44H83NO8P+. The standard InChI is InChI=1S/C44H82NO8P/c1-6-8-10-11-12-13-14-15-16-17-18-19-23-26-29-33-38-50-43(41-53-54(48,49)52-39-37-45(3,4)5)40-51-44(47)36-32-28-25-22-20-21-24-27-31-35-42(46)34-30-9-7-2/h9,24,27,30-31,33,35,38,42-43,46H,6-8,10-23,25-26,28-29,32,34,36-37,39-41H2,1-5H3/p+1/b27-24+,30-9+,35-31+,38-33+/t42?,43-/m1/s1. The van der Waals surface area contributed by atoms with Gasteiger partial charge < -0.3 is 24.0 Å². The van der Waals surface area contributed by atoms with E-state index in [4.69, 9.17) is 18.5 Å². The van der Waals surface area contributed by atoms with Crippen molar-refractivity contribution in [3.05, 3.63) is 48.8 Å². The van der Waals surface area contributed by atoms with E-state index in [0.717, 1.165) is 57.8 Å². The minimum absolute atomic E-state index is 0.0752. The molecule has 0 saturated carbocycles. The average molecular weight is 785 g/mol. The third-order valence-corrected chi connectivity index (χ3v) is 10.1. The molecule has 0 aromatic carbocycles. The molecule has 2 unspecified atom stereocenters. The summed E-state index contributed by atoms with van der Waals surface area (Å²) in [6, 6.07) is 0. The largest absolute Gasteiger partial charge is 0.492 e. The number of allylic oxidation sites excluding steroid dienone is 5. The van der Waals surface area contributed by atoms with Crippen molar-refractivity contribution < 1.29 is 42.4 Å². The maximum atomic E-state index is 12.5. The Hall–Kier alpha value is -1.74. The Morgan fingerprint density at radius 3 is 1.81 bits per heavy atom. The second kappa shape index (κ2) is 36.9. The highest BCUT2D eigenvalue weighted by Gasteiger charge is 2.25. The molecule has 0 heterocycles. The molecule has 0 aliphatic carbocycles. The summed E-state index contributed by atoms with van der Waals surface area (Å²) >= 11 is 0. The summed E-state index contributed by atoms with van der Waals surface area (Å²) < 4.78 is 34.7. The number of hydrogen-bond acceptors (Lipinski definition) is 7. The average Bonchev–Trinajstić information content (AvgIpc) is 3.12. The number of ether oxygens (including phenoxy) is 2. The summed E-state index contributed by atoms with van der Waals surface area (Å²) in [6.45, 7) is 4.65. The van der Waals surface area contributed by atoms with Gasteiger partial charge in [0.05, 0.1) is 40.1 Å². The molecule has 0 aliphatic heterocycles. The van der Waals surface area contributed by atoms with Crippen LogP contribution in [0.25, 0.3) is 0 Å². The highest BCUT2D eigenvalue weighted by Crippen LogP contribution is 2.43. The van der Waals surface area contributed by atoms with Crippen LogP contribution in [0.5, 0.6) is 0 Å². The van der Waals surface area contributed by atoms with Crippen molar-refractivity contribution in [1.29, 1.82) is 0 Å². The van der Waals surface area contributed by atoms with E-state index < -0.39 is 20.0 Å². The van der Waals surface area contributed by atoms with Gasteiger partial charge in [-0.15, -0.1) is 0 Å². The number of quaternary nitrogens is 1. The molecule has 0 aliphatic rings. The summed E-state index contributed by atoms with van der Waals surface area (Å²) in [5.41, 5.74) is 0. The van der Waals surface area contributed by atoms with Crippen LogP contribution in [0.2, 0.25) is 0 Å². The van der Waals surface area contributed by atoms with E-state index in [1.165, 1.54) is 83.5 Å². The lowest BCUT2D eigenvalue weighted by Crippen LogP contribution is -2.37. The van der Waals surface area contributed by atoms with Gasteiger partial charge in [0.15, 0.2) is 6.10 Å². The second-order valence-electron chi connectivity index (χ2n) is 15.6. The van der Waals surface area contributed by atoms with Crippen molar-refractivity contribution in [3.63, 3.8) is 0 Å². The maximum Gasteiger partial charge on any atom is 0.472 e. The van der Waals surface area contributed by atoms with Crippen LogP contribution in [0.1, 0.15) is 168 Å². The van der Waals surface area contributed by atoms with Crippen LogP contribution in [0.4, 0.5) is 0 Å². The molecule has 0 bridgehead atoms. The minimum Gasteiger partial charge on any atom is -0.492 e. The zero-order valence-corrected chi connectivity index (χ0v) is 36.2. The zero-order chi connectivity index (χ0) is 40.0. The number of carbonyl (C=O) groups is 1. The number of likely N-dealkylation sites (N-methyl/N-ethyl adjacent to an activating group) is 1. The Morgan fingerprint density at radius 2 is 1.24 bits per heavy atom. The number of phosphoric acid groups is 1. The van der Waals surface area contributed by atoms with Gasteiger partial charge in [0.2, 0.25) is 0 Å². The van der Waals surface area contributed by atoms with Crippen molar-refractivity contribution in [2.75, 3.05) is 47.5 Å². The van der Waals surface area contributed by atoms with Crippen molar-refractivity contribution in [3.8, 4) is 0 Å². The molecule has 316 valence electrons. The van der Waals surface area contributed by atoms with Crippen LogP contribution in [0.15, 0.2) is 48.8 Å². The fraction of sp³-hybridized carbons (Fsp3) is 0.795. The summed E-state index contributed by atoms with van der Waals surface area (Å²) in [5.74, 6) is -0.316. The quantitative estimate of drug-likeness (QED) is 0.0121. The Labute approximate surface area is 331 Å². The fourth-order valence-electron chi connectivity index (χ4n) is 5.63. The first-order valence-electron chi connectivity index (χ1n) is 21.5. The lowest BCUT2D eigenvalue weighted by atomic mass is 10.0. The Morgan fingerprint density at radius 1 is 0.685 bits per heavy atom. The number of carbonyl (C=O) groups excluding carboxylic acids is 1. The van der Waals surface area contributed by atoms with Crippen molar-refractivity contribution in [2.45, 2.75) is 180 Å². The molecule has 9 nitrogen and oxygen atoms in total. The van der Waals surface area contributed by atoms with Crippen LogP contribution in [-0.2, 0) is 27.9 Å². The van der Waals surface area contributed by atoms with Crippen LogP contribution >= 0.6 is 7.82 Å². The van der Waals surface area contributed by atoms with Crippen LogP contribution in [0.3, 0.4) is 0 Å². The van der Waals surface area contributed by atoms with Gasteiger partial charge in [0.1, 0.15) is 19.8 Å². The van der Waals surface area contributed by atoms with Gasteiger partial charge in [0.25, 0.3) is 0 Å². The summed E-state index contributed by atoms with van der Waals surface area (Å²) in [5, 5.41) is 9.88. The normalized spacial score (nSPS) is 14.8. The number of nitrogens with zero attached hydrogens (tertiary/aromatic N) is 1. The highest BCUT2D eigenvalue weighted by molar-refractivity contribution is 7.47. The van der Waals surface area contributed by atoms with E-state index in [1.807, 2.05) is 51.5 Å². The third-order valence-electron chi connectivity index (χ3n) is 9.07. The smallest absolute Gasteiger partial charge is 0.472 e. The summed E-state index contributed by atoms with van der Waals surface area (Å²) in [6.07, 6.45) is 41.5.